The number of nitrogens with zero attached hydrogens (tertiary/aromatic N) is 1. The summed E-state index contributed by atoms with van der Waals surface area (Å²) in [6.07, 6.45) is 1.54. The number of hydrogen-bond donors (Lipinski definition) is 1. The summed E-state index contributed by atoms with van der Waals surface area (Å²) in [7, 11) is 0. The highest BCUT2D eigenvalue weighted by molar-refractivity contribution is 6.30. The maximum absolute atomic E-state index is 12.1. The number of ether oxygens (including phenoxy) is 1. The van der Waals surface area contributed by atoms with E-state index in [0.29, 0.717) is 23.0 Å². The lowest BCUT2D eigenvalue weighted by Crippen LogP contribution is -2.07. The van der Waals surface area contributed by atoms with Crippen molar-refractivity contribution in [3.05, 3.63) is 64.8 Å². The molecule has 1 N–H and O–H groups in total. The van der Waals surface area contributed by atoms with Crippen LogP contribution in [0.25, 0.3) is 10.8 Å². The lowest BCUT2D eigenvalue weighted by Gasteiger charge is -2.13. The molecule has 4 nitrogen and oxygen atoms in total. The van der Waals surface area contributed by atoms with E-state index in [9.17, 15) is 4.79 Å². The number of carbonyl (C=O) groups is 1. The number of pyridine rings is 1. The molecule has 0 bridgehead atoms. The molecular formula is C19H17ClN2O2. The van der Waals surface area contributed by atoms with E-state index in [1.165, 1.54) is 0 Å². The summed E-state index contributed by atoms with van der Waals surface area (Å²) in [4.78, 5) is 16.5. The summed E-state index contributed by atoms with van der Waals surface area (Å²) in [6, 6.07) is 13.3. The zero-order chi connectivity index (χ0) is 17.1. The summed E-state index contributed by atoms with van der Waals surface area (Å²) in [5, 5.41) is 5.60. The Hall–Kier alpha value is -2.59. The zero-order valence-electron chi connectivity index (χ0n) is 13.5. The Morgan fingerprint density at radius 3 is 2.71 bits per heavy atom. The van der Waals surface area contributed by atoms with Crippen LogP contribution in [0.3, 0.4) is 0 Å². The molecule has 0 aliphatic rings. The molecule has 0 saturated heterocycles. The first-order valence-electron chi connectivity index (χ1n) is 7.68. The quantitative estimate of drug-likeness (QED) is 0.670. The predicted octanol–water partition coefficient (Wildman–Crippen LogP) is 5.12. The molecule has 0 spiro atoms. The van der Waals surface area contributed by atoms with Crippen molar-refractivity contribution in [1.29, 1.82) is 0 Å². The fraction of sp³-hybridized carbons (Fsp3) is 0.158. The minimum absolute atomic E-state index is 0.328. The molecule has 3 aromatic rings. The Bertz CT molecular complexity index is 909. The lowest BCUT2D eigenvalue weighted by molar-refractivity contribution is 0.0528. The maximum atomic E-state index is 12.1. The summed E-state index contributed by atoms with van der Waals surface area (Å²) in [5.41, 5.74) is 2.39. The SMILES string of the molecule is CCOC(=O)c1cnc(Nc2cc(Cl)ccc2C)c2ccccc12. The third kappa shape index (κ3) is 3.19. The number of aromatic nitrogens is 1. The van der Waals surface area contributed by atoms with Gasteiger partial charge in [0.05, 0.1) is 12.2 Å². The molecule has 0 aliphatic carbocycles. The average Bonchev–Trinajstić information content (AvgIpc) is 2.58. The third-order valence-corrected chi connectivity index (χ3v) is 3.98. The fourth-order valence-corrected chi connectivity index (χ4v) is 2.69. The van der Waals surface area contributed by atoms with Gasteiger partial charge in [0.1, 0.15) is 5.82 Å². The lowest BCUT2D eigenvalue weighted by atomic mass is 10.1. The largest absolute Gasteiger partial charge is 0.462 e. The van der Waals surface area contributed by atoms with Gasteiger partial charge in [0.15, 0.2) is 0 Å². The highest BCUT2D eigenvalue weighted by Gasteiger charge is 2.14. The van der Waals surface area contributed by atoms with Crippen molar-refractivity contribution in [2.45, 2.75) is 13.8 Å². The molecule has 0 unspecified atom stereocenters. The molecule has 3 rings (SSSR count). The number of carbonyl (C=O) groups excluding carboxylic acids is 1. The summed E-state index contributed by atoms with van der Waals surface area (Å²) in [6.45, 7) is 4.11. The van der Waals surface area contributed by atoms with E-state index in [1.807, 2.05) is 49.4 Å². The molecular weight excluding hydrogens is 324 g/mol. The zero-order valence-corrected chi connectivity index (χ0v) is 14.2. The Balaban J connectivity index is 2.08. The molecule has 1 heterocycles. The molecule has 0 atom stereocenters. The molecule has 0 aliphatic heterocycles. The van der Waals surface area contributed by atoms with Crippen molar-refractivity contribution in [2.75, 3.05) is 11.9 Å². The van der Waals surface area contributed by atoms with Crippen molar-refractivity contribution in [3.63, 3.8) is 0 Å². The van der Waals surface area contributed by atoms with Crippen LogP contribution in [0.4, 0.5) is 11.5 Å². The highest BCUT2D eigenvalue weighted by atomic mass is 35.5. The Morgan fingerprint density at radius 2 is 1.96 bits per heavy atom. The van der Waals surface area contributed by atoms with E-state index in [0.717, 1.165) is 22.0 Å². The van der Waals surface area contributed by atoms with Gasteiger partial charge in [0.2, 0.25) is 0 Å². The Morgan fingerprint density at radius 1 is 1.21 bits per heavy atom. The number of anilines is 2. The first-order valence-corrected chi connectivity index (χ1v) is 8.06. The van der Waals surface area contributed by atoms with Gasteiger partial charge in [-0.3, -0.25) is 0 Å². The van der Waals surface area contributed by atoms with Crippen LogP contribution in [0.5, 0.6) is 0 Å². The summed E-state index contributed by atoms with van der Waals surface area (Å²) >= 11 is 6.08. The second-order valence-electron chi connectivity index (χ2n) is 5.37. The third-order valence-electron chi connectivity index (χ3n) is 3.74. The van der Waals surface area contributed by atoms with Crippen molar-refractivity contribution < 1.29 is 9.53 Å². The minimum Gasteiger partial charge on any atom is -0.462 e. The number of esters is 1. The van der Waals surface area contributed by atoms with Gasteiger partial charge in [-0.1, -0.05) is 41.9 Å². The fourth-order valence-electron chi connectivity index (χ4n) is 2.52. The maximum Gasteiger partial charge on any atom is 0.340 e. The standard InChI is InChI=1S/C19H17ClN2O2/c1-3-24-19(23)16-11-21-18(15-7-5-4-6-14(15)16)22-17-10-13(20)9-8-12(17)2/h4-11H,3H2,1-2H3,(H,21,22). The molecule has 5 heteroatoms. The number of fused-ring (bicyclic) bond motifs is 1. The normalized spacial score (nSPS) is 10.6. The van der Waals surface area contributed by atoms with Gasteiger partial charge < -0.3 is 10.1 Å². The molecule has 24 heavy (non-hydrogen) atoms. The molecule has 2 aromatic carbocycles. The van der Waals surface area contributed by atoms with Crippen LogP contribution in [0.15, 0.2) is 48.7 Å². The van der Waals surface area contributed by atoms with Crippen LogP contribution in [0.2, 0.25) is 5.02 Å². The average molecular weight is 341 g/mol. The minimum atomic E-state index is -0.369. The van der Waals surface area contributed by atoms with E-state index in [-0.39, 0.29) is 5.97 Å². The van der Waals surface area contributed by atoms with Gasteiger partial charge in [-0.2, -0.15) is 0 Å². The van der Waals surface area contributed by atoms with Crippen LogP contribution in [0.1, 0.15) is 22.8 Å². The monoisotopic (exact) mass is 340 g/mol. The number of benzene rings is 2. The number of rotatable bonds is 4. The van der Waals surface area contributed by atoms with Crippen molar-refractivity contribution in [3.8, 4) is 0 Å². The second kappa shape index (κ2) is 6.89. The van der Waals surface area contributed by atoms with Crippen LogP contribution in [0, 0.1) is 6.92 Å². The van der Waals surface area contributed by atoms with Crippen molar-refractivity contribution >= 4 is 39.8 Å². The molecule has 0 amide bonds. The van der Waals surface area contributed by atoms with E-state index in [2.05, 4.69) is 10.3 Å². The first kappa shape index (κ1) is 16.3. The van der Waals surface area contributed by atoms with Crippen molar-refractivity contribution in [1.82, 2.24) is 4.98 Å². The molecule has 0 fully saturated rings. The highest BCUT2D eigenvalue weighted by Crippen LogP contribution is 2.29. The van der Waals surface area contributed by atoms with Crippen LogP contribution in [-0.2, 0) is 4.74 Å². The van der Waals surface area contributed by atoms with Crippen LogP contribution < -0.4 is 5.32 Å². The smallest absolute Gasteiger partial charge is 0.340 e. The van der Waals surface area contributed by atoms with Gasteiger partial charge in [-0.05, 0) is 31.5 Å². The Kier molecular flexibility index (Phi) is 4.67. The van der Waals surface area contributed by atoms with Crippen LogP contribution in [-0.4, -0.2) is 17.6 Å². The molecule has 0 saturated carbocycles. The van der Waals surface area contributed by atoms with Gasteiger partial charge in [-0.25, -0.2) is 9.78 Å². The van der Waals surface area contributed by atoms with E-state index < -0.39 is 0 Å². The van der Waals surface area contributed by atoms with E-state index in [4.69, 9.17) is 16.3 Å². The van der Waals surface area contributed by atoms with Gasteiger partial charge in [-0.15, -0.1) is 0 Å². The number of nitrogens with one attached hydrogen (secondary N) is 1. The second-order valence-corrected chi connectivity index (χ2v) is 5.81. The number of halogens is 1. The van der Waals surface area contributed by atoms with E-state index >= 15 is 0 Å². The number of aryl methyl sites for hydroxylation is 1. The summed E-state index contributed by atoms with van der Waals surface area (Å²) in [5.74, 6) is 0.302. The van der Waals surface area contributed by atoms with Gasteiger partial charge in [0, 0.05) is 27.7 Å². The van der Waals surface area contributed by atoms with Crippen molar-refractivity contribution in [2.24, 2.45) is 0 Å². The predicted molar refractivity (Wildman–Crippen MR) is 97.2 cm³/mol. The van der Waals surface area contributed by atoms with Gasteiger partial charge in [0.25, 0.3) is 0 Å². The Labute approximate surface area is 145 Å². The first-order chi connectivity index (χ1) is 11.6. The molecule has 122 valence electrons. The van der Waals surface area contributed by atoms with Gasteiger partial charge >= 0.3 is 5.97 Å². The molecule has 1 aromatic heterocycles. The van der Waals surface area contributed by atoms with E-state index in [1.54, 1.807) is 13.1 Å². The topological polar surface area (TPSA) is 51.2 Å². The number of hydrogen-bond acceptors (Lipinski definition) is 4. The summed E-state index contributed by atoms with van der Waals surface area (Å²) < 4.78 is 5.11. The molecule has 0 radical (unpaired) electrons. The van der Waals surface area contributed by atoms with Crippen LogP contribution >= 0.6 is 11.6 Å².